The zero-order valence-corrected chi connectivity index (χ0v) is 14.1. The van der Waals surface area contributed by atoms with Crippen LogP contribution in [0.5, 0.6) is 0 Å². The molecule has 0 radical (unpaired) electrons. The van der Waals surface area contributed by atoms with Crippen molar-refractivity contribution in [1.29, 1.82) is 0 Å². The highest BCUT2D eigenvalue weighted by atomic mass is 35.5. The summed E-state index contributed by atoms with van der Waals surface area (Å²) in [5, 5.41) is 6.38. The molecule has 5 nitrogen and oxygen atoms in total. The molecule has 0 unspecified atom stereocenters. The van der Waals surface area contributed by atoms with E-state index in [-0.39, 0.29) is 11.1 Å². The number of nitrogens with one attached hydrogen (secondary N) is 2. The molecule has 1 heterocycles. The van der Waals surface area contributed by atoms with Crippen molar-refractivity contribution >= 4 is 28.9 Å². The monoisotopic (exact) mass is 332 g/mol. The Morgan fingerprint density at radius 3 is 2.65 bits per heavy atom. The maximum Gasteiger partial charge on any atom is 0.257 e. The van der Waals surface area contributed by atoms with Crippen LogP contribution < -0.4 is 10.6 Å². The number of carbonyl (C=O) groups is 1. The maximum atomic E-state index is 12.5. The molecule has 2 aromatic rings. The summed E-state index contributed by atoms with van der Waals surface area (Å²) in [5.41, 5.74) is 1.89. The summed E-state index contributed by atoms with van der Waals surface area (Å²) in [4.78, 5) is 18.6. The van der Waals surface area contributed by atoms with Gasteiger partial charge in [0.25, 0.3) is 5.91 Å². The lowest BCUT2D eigenvalue weighted by Gasteiger charge is -2.14. The van der Waals surface area contributed by atoms with Crippen molar-refractivity contribution in [3.63, 3.8) is 0 Å². The van der Waals surface area contributed by atoms with Crippen molar-refractivity contribution in [2.45, 2.75) is 6.42 Å². The van der Waals surface area contributed by atoms with Gasteiger partial charge in [0, 0.05) is 18.4 Å². The molecule has 1 amide bonds. The highest BCUT2D eigenvalue weighted by molar-refractivity contribution is 6.32. The van der Waals surface area contributed by atoms with Gasteiger partial charge in [0.1, 0.15) is 0 Å². The molecule has 0 fully saturated rings. The summed E-state index contributed by atoms with van der Waals surface area (Å²) in [6.07, 6.45) is 2.58. The average Bonchev–Trinajstić information content (AvgIpc) is 2.54. The van der Waals surface area contributed by atoms with Crippen molar-refractivity contribution in [3.05, 3.63) is 53.3 Å². The van der Waals surface area contributed by atoms with Crippen LogP contribution in [0.15, 0.2) is 42.6 Å². The number of amides is 1. The molecule has 1 aromatic carbocycles. The van der Waals surface area contributed by atoms with E-state index in [1.165, 1.54) is 0 Å². The van der Waals surface area contributed by atoms with Crippen LogP contribution in [0, 0.1) is 0 Å². The largest absolute Gasteiger partial charge is 0.384 e. The predicted octanol–water partition coefficient (Wildman–Crippen LogP) is 3.35. The van der Waals surface area contributed by atoms with Crippen LogP contribution in [0.25, 0.3) is 0 Å². The normalized spacial score (nSPS) is 10.6. The number of benzene rings is 1. The lowest BCUT2D eigenvalue weighted by molar-refractivity contribution is 0.102. The third-order valence-corrected chi connectivity index (χ3v) is 3.58. The van der Waals surface area contributed by atoms with Crippen LogP contribution in [0.1, 0.15) is 16.8 Å². The van der Waals surface area contributed by atoms with Gasteiger partial charge in [0.15, 0.2) is 5.15 Å². The Morgan fingerprint density at radius 2 is 1.91 bits per heavy atom. The first-order valence-corrected chi connectivity index (χ1v) is 7.85. The molecule has 2 N–H and O–H groups in total. The minimum Gasteiger partial charge on any atom is -0.384 e. The van der Waals surface area contributed by atoms with E-state index in [1.807, 2.05) is 32.3 Å². The van der Waals surface area contributed by atoms with Gasteiger partial charge < -0.3 is 15.5 Å². The Labute approximate surface area is 141 Å². The Hall–Kier alpha value is -2.11. The molecule has 2 rings (SSSR count). The van der Waals surface area contributed by atoms with E-state index < -0.39 is 0 Å². The summed E-state index contributed by atoms with van der Waals surface area (Å²) in [6, 6.07) is 10.9. The molecule has 23 heavy (non-hydrogen) atoms. The molecule has 1 aromatic heterocycles. The van der Waals surface area contributed by atoms with Gasteiger partial charge in [-0.3, -0.25) is 4.79 Å². The summed E-state index contributed by atoms with van der Waals surface area (Å²) < 4.78 is 0. The topological polar surface area (TPSA) is 57.3 Å². The minimum absolute atomic E-state index is 0.212. The van der Waals surface area contributed by atoms with Gasteiger partial charge in [0.05, 0.1) is 11.3 Å². The number of para-hydroxylation sites is 1. The number of rotatable bonds is 7. The fourth-order valence-electron chi connectivity index (χ4n) is 2.12. The van der Waals surface area contributed by atoms with Crippen molar-refractivity contribution in [2.24, 2.45) is 0 Å². The molecule has 0 aliphatic heterocycles. The Kier molecular flexibility index (Phi) is 6.38. The van der Waals surface area contributed by atoms with E-state index >= 15 is 0 Å². The molecule has 6 heteroatoms. The van der Waals surface area contributed by atoms with Gasteiger partial charge in [-0.15, -0.1) is 0 Å². The van der Waals surface area contributed by atoms with Crippen molar-refractivity contribution in [3.8, 4) is 0 Å². The quantitative estimate of drug-likeness (QED) is 0.603. The van der Waals surface area contributed by atoms with E-state index in [0.29, 0.717) is 11.3 Å². The predicted molar refractivity (Wildman–Crippen MR) is 95.3 cm³/mol. The van der Waals surface area contributed by atoms with Crippen LogP contribution in [-0.4, -0.2) is 43.0 Å². The molecule has 0 spiro atoms. The second-order valence-electron chi connectivity index (χ2n) is 5.43. The van der Waals surface area contributed by atoms with Crippen LogP contribution >= 0.6 is 11.6 Å². The lowest BCUT2D eigenvalue weighted by Crippen LogP contribution is -2.18. The molecule has 0 aliphatic carbocycles. The molecule has 122 valence electrons. The number of nitrogens with zero attached hydrogens (tertiary/aromatic N) is 2. The number of carbonyl (C=O) groups excluding carboxylic acids is 1. The smallest absolute Gasteiger partial charge is 0.257 e. The van der Waals surface area contributed by atoms with Gasteiger partial charge in [0.2, 0.25) is 0 Å². The molecule has 0 bridgehead atoms. The molecule has 0 aliphatic rings. The lowest BCUT2D eigenvalue weighted by atomic mass is 10.1. The van der Waals surface area contributed by atoms with E-state index in [2.05, 4.69) is 20.5 Å². The van der Waals surface area contributed by atoms with E-state index in [9.17, 15) is 4.79 Å². The van der Waals surface area contributed by atoms with E-state index in [0.717, 1.165) is 25.2 Å². The van der Waals surface area contributed by atoms with Crippen molar-refractivity contribution in [1.82, 2.24) is 9.88 Å². The highest BCUT2D eigenvalue weighted by Crippen LogP contribution is 2.21. The van der Waals surface area contributed by atoms with E-state index in [4.69, 9.17) is 11.6 Å². The van der Waals surface area contributed by atoms with Gasteiger partial charge >= 0.3 is 0 Å². The Morgan fingerprint density at radius 1 is 1.17 bits per heavy atom. The maximum absolute atomic E-state index is 12.5. The molecule has 0 atom stereocenters. The molecular formula is C17H21ClN4O. The Bertz CT molecular complexity index is 661. The summed E-state index contributed by atoms with van der Waals surface area (Å²) in [6.45, 7) is 1.79. The second kappa shape index (κ2) is 8.50. The van der Waals surface area contributed by atoms with Gasteiger partial charge in [-0.05, 0) is 51.3 Å². The number of aromatic nitrogens is 1. The van der Waals surface area contributed by atoms with Gasteiger partial charge in [-0.25, -0.2) is 4.98 Å². The summed E-state index contributed by atoms with van der Waals surface area (Å²) >= 11 is 5.98. The molecule has 0 saturated carbocycles. The summed E-state index contributed by atoms with van der Waals surface area (Å²) in [5.74, 6) is -0.212. The molecule has 0 saturated heterocycles. The fourth-order valence-corrected chi connectivity index (χ4v) is 2.29. The number of hydrogen-bond acceptors (Lipinski definition) is 4. The highest BCUT2D eigenvalue weighted by Gasteiger charge is 2.12. The standard InChI is InChI=1S/C17H21ClN4O/c1-22(2)12-6-11-19-14-8-4-3-7-13(14)17(23)21-15-9-5-10-20-16(15)18/h3-5,7-10,19H,6,11-12H2,1-2H3,(H,21,23). The number of hydrogen-bond donors (Lipinski definition) is 2. The average molecular weight is 333 g/mol. The third kappa shape index (κ3) is 5.23. The first-order chi connectivity index (χ1) is 11.1. The molecular weight excluding hydrogens is 312 g/mol. The fraction of sp³-hybridized carbons (Fsp3) is 0.294. The van der Waals surface area contributed by atoms with Gasteiger partial charge in [-0.1, -0.05) is 23.7 Å². The Balaban J connectivity index is 2.04. The van der Waals surface area contributed by atoms with E-state index in [1.54, 1.807) is 24.4 Å². The van der Waals surface area contributed by atoms with Crippen LogP contribution in [-0.2, 0) is 0 Å². The second-order valence-corrected chi connectivity index (χ2v) is 5.78. The van der Waals surface area contributed by atoms with Gasteiger partial charge in [-0.2, -0.15) is 0 Å². The number of anilines is 2. The van der Waals surface area contributed by atoms with Crippen molar-refractivity contribution in [2.75, 3.05) is 37.8 Å². The number of halogens is 1. The minimum atomic E-state index is -0.212. The first-order valence-electron chi connectivity index (χ1n) is 7.47. The first kappa shape index (κ1) is 17.2. The zero-order valence-electron chi connectivity index (χ0n) is 13.3. The SMILES string of the molecule is CN(C)CCCNc1ccccc1C(=O)Nc1cccnc1Cl. The third-order valence-electron chi connectivity index (χ3n) is 3.28. The van der Waals surface area contributed by atoms with Crippen LogP contribution in [0.2, 0.25) is 5.15 Å². The number of pyridine rings is 1. The van der Waals surface area contributed by atoms with Crippen LogP contribution in [0.3, 0.4) is 0 Å². The summed E-state index contributed by atoms with van der Waals surface area (Å²) in [7, 11) is 4.08. The zero-order chi connectivity index (χ0) is 16.7. The van der Waals surface area contributed by atoms with Crippen LogP contribution in [0.4, 0.5) is 11.4 Å². The van der Waals surface area contributed by atoms with Crippen molar-refractivity contribution < 1.29 is 4.79 Å².